The van der Waals surface area contributed by atoms with Gasteiger partial charge in [-0.15, -0.1) is 0 Å². The van der Waals surface area contributed by atoms with E-state index in [1.54, 1.807) is 0 Å². The van der Waals surface area contributed by atoms with Crippen molar-refractivity contribution in [2.45, 2.75) is 38.0 Å². The largest absolute Gasteiger partial charge is 0.296 e. The minimum Gasteiger partial charge on any atom is -0.296 e. The highest BCUT2D eigenvalue weighted by molar-refractivity contribution is 6.03. The Kier molecular flexibility index (Phi) is 3.27. The van der Waals surface area contributed by atoms with E-state index in [0.717, 1.165) is 18.4 Å². The van der Waals surface area contributed by atoms with Crippen LogP contribution in [0.1, 0.15) is 38.2 Å². The molecule has 1 fully saturated rings. The lowest BCUT2D eigenvalue weighted by molar-refractivity contribution is -0.138. The van der Waals surface area contributed by atoms with Crippen LogP contribution in [0.3, 0.4) is 0 Å². The van der Waals surface area contributed by atoms with E-state index in [2.05, 4.69) is 12.2 Å². The zero-order valence-corrected chi connectivity index (χ0v) is 10.0. The number of nitrogens with one attached hydrogen (secondary N) is 1. The van der Waals surface area contributed by atoms with Gasteiger partial charge in [0, 0.05) is 6.42 Å². The van der Waals surface area contributed by atoms with Crippen LogP contribution in [0.2, 0.25) is 0 Å². The molecule has 0 bridgehead atoms. The van der Waals surface area contributed by atoms with Crippen molar-refractivity contribution in [3.8, 4) is 0 Å². The van der Waals surface area contributed by atoms with E-state index in [-0.39, 0.29) is 11.8 Å². The van der Waals surface area contributed by atoms with Crippen LogP contribution in [0.5, 0.6) is 0 Å². The van der Waals surface area contributed by atoms with Crippen LogP contribution in [0, 0.1) is 0 Å². The topological polar surface area (TPSA) is 46.2 Å². The number of carbonyl (C=O) groups is 2. The molecule has 1 saturated heterocycles. The Labute approximate surface area is 101 Å². The van der Waals surface area contributed by atoms with Crippen molar-refractivity contribution < 1.29 is 9.59 Å². The number of piperidine rings is 1. The molecular weight excluding hydrogens is 214 g/mol. The van der Waals surface area contributed by atoms with Gasteiger partial charge in [-0.2, -0.15) is 0 Å². The number of benzene rings is 1. The highest BCUT2D eigenvalue weighted by Crippen LogP contribution is 2.36. The summed E-state index contributed by atoms with van der Waals surface area (Å²) >= 11 is 0. The van der Waals surface area contributed by atoms with Crippen molar-refractivity contribution in [1.29, 1.82) is 0 Å². The van der Waals surface area contributed by atoms with Crippen molar-refractivity contribution in [1.82, 2.24) is 5.32 Å². The molecule has 90 valence electrons. The van der Waals surface area contributed by atoms with Crippen molar-refractivity contribution in [3.05, 3.63) is 35.9 Å². The van der Waals surface area contributed by atoms with Crippen LogP contribution < -0.4 is 5.32 Å². The van der Waals surface area contributed by atoms with Crippen molar-refractivity contribution >= 4 is 11.8 Å². The van der Waals surface area contributed by atoms with Crippen LogP contribution in [0.4, 0.5) is 0 Å². The molecule has 1 aromatic rings. The van der Waals surface area contributed by atoms with Gasteiger partial charge in [0.1, 0.15) is 0 Å². The normalized spacial score (nSPS) is 24.5. The molecule has 0 unspecified atom stereocenters. The summed E-state index contributed by atoms with van der Waals surface area (Å²) in [5.41, 5.74) is 0.510. The van der Waals surface area contributed by atoms with Crippen LogP contribution >= 0.6 is 0 Å². The highest BCUT2D eigenvalue weighted by atomic mass is 16.2. The molecule has 1 aliphatic heterocycles. The Balaban J connectivity index is 2.39. The Morgan fingerprint density at radius 2 is 1.94 bits per heavy atom. The summed E-state index contributed by atoms with van der Waals surface area (Å²) < 4.78 is 0. The Bertz CT molecular complexity index is 427. The number of hydrogen-bond donors (Lipinski definition) is 1. The minimum atomic E-state index is -0.510. The van der Waals surface area contributed by atoms with Gasteiger partial charge in [0.25, 0.3) is 0 Å². The number of carbonyl (C=O) groups excluding carboxylic acids is 2. The predicted octanol–water partition coefficient (Wildman–Crippen LogP) is 2.16. The van der Waals surface area contributed by atoms with Crippen molar-refractivity contribution in [2.75, 3.05) is 0 Å². The smallest absolute Gasteiger partial charge is 0.237 e. The predicted molar refractivity (Wildman–Crippen MR) is 65.4 cm³/mol. The van der Waals surface area contributed by atoms with E-state index in [1.807, 2.05) is 30.3 Å². The maximum absolute atomic E-state index is 12.2. The lowest BCUT2D eigenvalue weighted by Gasteiger charge is -2.35. The minimum absolute atomic E-state index is 0.137. The van der Waals surface area contributed by atoms with Gasteiger partial charge >= 0.3 is 0 Å². The van der Waals surface area contributed by atoms with Crippen molar-refractivity contribution in [3.63, 3.8) is 0 Å². The van der Waals surface area contributed by atoms with E-state index >= 15 is 0 Å². The molecule has 1 aliphatic rings. The van der Waals surface area contributed by atoms with Gasteiger partial charge in [0.05, 0.1) is 5.41 Å². The second-order valence-corrected chi connectivity index (χ2v) is 4.58. The van der Waals surface area contributed by atoms with Crippen LogP contribution in [0.25, 0.3) is 0 Å². The Hall–Kier alpha value is -1.64. The molecule has 0 aromatic heterocycles. The standard InChI is InChI=1S/C14H17NO2/c1-2-9-14(11-6-4-3-5-7-11)10-8-12(16)15-13(14)17/h3-7H,2,8-10H2,1H3,(H,15,16,17)/t14-/m1/s1. The van der Waals surface area contributed by atoms with Gasteiger partial charge in [-0.1, -0.05) is 43.7 Å². The Morgan fingerprint density at radius 3 is 2.53 bits per heavy atom. The van der Waals surface area contributed by atoms with Crippen LogP contribution in [-0.2, 0) is 15.0 Å². The van der Waals surface area contributed by atoms with E-state index in [4.69, 9.17) is 0 Å². The molecule has 1 atom stereocenters. The first kappa shape index (κ1) is 11.8. The number of imide groups is 1. The lowest BCUT2D eigenvalue weighted by Crippen LogP contribution is -2.51. The summed E-state index contributed by atoms with van der Waals surface area (Å²) in [7, 11) is 0. The molecule has 1 N–H and O–H groups in total. The molecule has 0 spiro atoms. The molecule has 1 aromatic carbocycles. The molecule has 0 saturated carbocycles. The van der Waals surface area contributed by atoms with Gasteiger partial charge in [-0.25, -0.2) is 0 Å². The second-order valence-electron chi connectivity index (χ2n) is 4.58. The quantitative estimate of drug-likeness (QED) is 0.810. The molecule has 0 radical (unpaired) electrons. The summed E-state index contributed by atoms with van der Waals surface area (Å²) in [5, 5.41) is 2.48. The molecule has 3 heteroatoms. The third-order valence-electron chi connectivity index (χ3n) is 3.47. The summed E-state index contributed by atoms with van der Waals surface area (Å²) in [6.07, 6.45) is 2.77. The lowest BCUT2D eigenvalue weighted by atomic mass is 9.71. The maximum Gasteiger partial charge on any atom is 0.237 e. The fraction of sp³-hybridized carbons (Fsp3) is 0.429. The fourth-order valence-electron chi connectivity index (χ4n) is 2.59. The second kappa shape index (κ2) is 4.70. The van der Waals surface area contributed by atoms with Gasteiger partial charge < -0.3 is 0 Å². The fourth-order valence-corrected chi connectivity index (χ4v) is 2.59. The van der Waals surface area contributed by atoms with E-state index in [0.29, 0.717) is 12.8 Å². The molecule has 2 amide bonds. The molecule has 0 aliphatic carbocycles. The van der Waals surface area contributed by atoms with Gasteiger partial charge in [-0.05, 0) is 18.4 Å². The molecule has 2 rings (SSSR count). The van der Waals surface area contributed by atoms with Crippen LogP contribution in [-0.4, -0.2) is 11.8 Å². The first-order chi connectivity index (χ1) is 8.19. The van der Waals surface area contributed by atoms with E-state index in [9.17, 15) is 9.59 Å². The van der Waals surface area contributed by atoms with E-state index < -0.39 is 5.41 Å². The molecule has 17 heavy (non-hydrogen) atoms. The maximum atomic E-state index is 12.2. The van der Waals surface area contributed by atoms with Gasteiger partial charge in [0.15, 0.2) is 0 Å². The zero-order chi connectivity index (χ0) is 12.3. The molecule has 3 nitrogen and oxygen atoms in total. The summed E-state index contributed by atoms with van der Waals surface area (Å²) in [4.78, 5) is 23.4. The SMILES string of the molecule is CCC[C@]1(c2ccccc2)CCC(=O)NC1=O. The summed E-state index contributed by atoms with van der Waals surface area (Å²) in [5.74, 6) is -0.292. The average molecular weight is 231 g/mol. The van der Waals surface area contributed by atoms with Gasteiger partial charge in [0.2, 0.25) is 11.8 Å². The zero-order valence-electron chi connectivity index (χ0n) is 10.0. The monoisotopic (exact) mass is 231 g/mol. The van der Waals surface area contributed by atoms with Crippen molar-refractivity contribution in [2.24, 2.45) is 0 Å². The highest BCUT2D eigenvalue weighted by Gasteiger charge is 2.43. The number of rotatable bonds is 3. The third kappa shape index (κ3) is 2.09. The van der Waals surface area contributed by atoms with E-state index in [1.165, 1.54) is 0 Å². The summed E-state index contributed by atoms with van der Waals surface area (Å²) in [6.45, 7) is 2.06. The Morgan fingerprint density at radius 1 is 1.24 bits per heavy atom. The number of amides is 2. The summed E-state index contributed by atoms with van der Waals surface area (Å²) in [6, 6.07) is 9.78. The third-order valence-corrected chi connectivity index (χ3v) is 3.47. The molecule has 1 heterocycles. The first-order valence-corrected chi connectivity index (χ1v) is 6.09. The van der Waals surface area contributed by atoms with Crippen LogP contribution in [0.15, 0.2) is 30.3 Å². The molecular formula is C14H17NO2. The van der Waals surface area contributed by atoms with Gasteiger partial charge in [-0.3, -0.25) is 14.9 Å². The number of hydrogen-bond acceptors (Lipinski definition) is 2. The average Bonchev–Trinajstić information content (AvgIpc) is 2.34. The first-order valence-electron chi connectivity index (χ1n) is 6.09.